The van der Waals surface area contributed by atoms with Gasteiger partial charge in [0.15, 0.2) is 0 Å². The van der Waals surface area contributed by atoms with Gasteiger partial charge in [0.2, 0.25) is 10.0 Å². The van der Waals surface area contributed by atoms with Crippen LogP contribution in [-0.2, 0) is 14.8 Å². The van der Waals surface area contributed by atoms with E-state index in [1.54, 1.807) is 13.0 Å². The van der Waals surface area contributed by atoms with Gasteiger partial charge in [-0.3, -0.25) is 4.79 Å². The van der Waals surface area contributed by atoms with E-state index in [4.69, 9.17) is 10.4 Å². The van der Waals surface area contributed by atoms with Crippen molar-refractivity contribution in [2.45, 2.75) is 30.7 Å². The molecule has 19 heavy (non-hydrogen) atoms. The van der Waals surface area contributed by atoms with Gasteiger partial charge < -0.3 is 5.11 Å². The second-order valence-electron chi connectivity index (χ2n) is 3.95. The lowest BCUT2D eigenvalue weighted by atomic mass is 10.2. The number of carbonyl (C=O) groups is 1. The topological polar surface area (TPSA) is 120 Å². The van der Waals surface area contributed by atoms with Crippen molar-refractivity contribution in [1.29, 1.82) is 5.26 Å². The first-order chi connectivity index (χ1) is 8.85. The van der Waals surface area contributed by atoms with E-state index < -0.39 is 22.0 Å². The highest BCUT2D eigenvalue weighted by Crippen LogP contribution is 2.09. The summed E-state index contributed by atoms with van der Waals surface area (Å²) in [7, 11) is -3.75. The summed E-state index contributed by atoms with van der Waals surface area (Å²) >= 11 is 0. The number of aromatic nitrogens is 1. The van der Waals surface area contributed by atoms with Crippen molar-refractivity contribution in [3.05, 3.63) is 24.0 Å². The predicted molar refractivity (Wildman–Crippen MR) is 65.6 cm³/mol. The molecule has 0 saturated heterocycles. The number of nitriles is 1. The Morgan fingerprint density at radius 2 is 2.26 bits per heavy atom. The van der Waals surface area contributed by atoms with Crippen LogP contribution in [0.15, 0.2) is 23.2 Å². The van der Waals surface area contributed by atoms with Crippen molar-refractivity contribution in [3.63, 3.8) is 0 Å². The fraction of sp³-hybridized carbons (Fsp3) is 0.364. The molecule has 0 spiro atoms. The summed E-state index contributed by atoms with van der Waals surface area (Å²) in [6, 6.07) is 3.86. The summed E-state index contributed by atoms with van der Waals surface area (Å²) in [5.41, 5.74) is 0.123. The number of pyridine rings is 1. The highest BCUT2D eigenvalue weighted by molar-refractivity contribution is 7.89. The lowest BCUT2D eigenvalue weighted by molar-refractivity contribution is -0.137. The highest BCUT2D eigenvalue weighted by atomic mass is 32.2. The van der Waals surface area contributed by atoms with Crippen LogP contribution in [0.1, 0.15) is 25.5 Å². The number of carboxylic acids is 1. The third-order valence-electron chi connectivity index (χ3n) is 2.31. The first-order valence-electron chi connectivity index (χ1n) is 5.45. The Morgan fingerprint density at radius 1 is 1.58 bits per heavy atom. The van der Waals surface area contributed by atoms with Crippen LogP contribution >= 0.6 is 0 Å². The van der Waals surface area contributed by atoms with Gasteiger partial charge in [0.1, 0.15) is 16.7 Å². The Hall–Kier alpha value is -1.98. The summed E-state index contributed by atoms with van der Waals surface area (Å²) < 4.78 is 26.2. The van der Waals surface area contributed by atoms with Crippen molar-refractivity contribution in [3.8, 4) is 6.07 Å². The summed E-state index contributed by atoms with van der Waals surface area (Å²) in [6.07, 6.45) is 1.17. The smallest absolute Gasteiger partial charge is 0.303 e. The maximum Gasteiger partial charge on any atom is 0.303 e. The van der Waals surface area contributed by atoms with Gasteiger partial charge >= 0.3 is 5.97 Å². The SMILES string of the molecule is CC(CCC(=O)O)NS(=O)(=O)c1ccc(C#N)nc1. The van der Waals surface area contributed by atoms with Crippen LogP contribution in [-0.4, -0.2) is 30.5 Å². The molecule has 0 fully saturated rings. The Labute approximate surface area is 110 Å². The molecule has 2 N–H and O–H groups in total. The number of hydrogen-bond acceptors (Lipinski definition) is 5. The third-order valence-corrected chi connectivity index (χ3v) is 3.88. The molecule has 0 radical (unpaired) electrons. The Bertz CT molecular complexity index is 589. The molecule has 0 amide bonds. The average molecular weight is 283 g/mol. The van der Waals surface area contributed by atoms with Crippen LogP contribution in [0.3, 0.4) is 0 Å². The maximum absolute atomic E-state index is 11.9. The summed E-state index contributed by atoms with van der Waals surface area (Å²) in [4.78, 5) is 14.0. The van der Waals surface area contributed by atoms with Crippen molar-refractivity contribution in [2.24, 2.45) is 0 Å². The van der Waals surface area contributed by atoms with Crippen molar-refractivity contribution in [2.75, 3.05) is 0 Å². The van der Waals surface area contributed by atoms with E-state index in [2.05, 4.69) is 9.71 Å². The van der Waals surface area contributed by atoms with Gasteiger partial charge in [0.05, 0.1) is 0 Å². The quantitative estimate of drug-likeness (QED) is 0.783. The van der Waals surface area contributed by atoms with Gasteiger partial charge in [-0.15, -0.1) is 0 Å². The van der Waals surface area contributed by atoms with Crippen LogP contribution < -0.4 is 4.72 Å². The fourth-order valence-corrected chi connectivity index (χ4v) is 2.56. The predicted octanol–water partition coefficient (Wildman–Crippen LogP) is 0.485. The Balaban J connectivity index is 2.75. The Morgan fingerprint density at radius 3 is 2.74 bits per heavy atom. The molecule has 0 aliphatic carbocycles. The minimum atomic E-state index is -3.75. The molecule has 8 heteroatoms. The van der Waals surface area contributed by atoms with Gasteiger partial charge in [-0.1, -0.05) is 0 Å². The molecule has 1 rings (SSSR count). The molecule has 0 aliphatic heterocycles. The molecule has 1 aromatic rings. The van der Waals surface area contributed by atoms with Gasteiger partial charge in [-0.25, -0.2) is 18.1 Å². The maximum atomic E-state index is 11.9. The molecular weight excluding hydrogens is 270 g/mol. The van der Waals surface area contributed by atoms with Crippen LogP contribution in [0.4, 0.5) is 0 Å². The number of aliphatic carboxylic acids is 1. The second kappa shape index (κ2) is 6.26. The number of carboxylic acid groups (broad SMARTS) is 1. The largest absolute Gasteiger partial charge is 0.481 e. The minimum Gasteiger partial charge on any atom is -0.481 e. The van der Waals surface area contributed by atoms with Crippen LogP contribution in [0.25, 0.3) is 0 Å². The molecule has 0 bridgehead atoms. The molecule has 1 unspecified atom stereocenters. The van der Waals surface area contributed by atoms with Crippen molar-refractivity contribution >= 4 is 16.0 Å². The molecule has 1 heterocycles. The normalized spacial score (nSPS) is 12.6. The molecule has 7 nitrogen and oxygen atoms in total. The lowest BCUT2D eigenvalue weighted by Gasteiger charge is -2.12. The van der Waals surface area contributed by atoms with Gasteiger partial charge in [-0.2, -0.15) is 5.26 Å². The van der Waals surface area contributed by atoms with E-state index in [9.17, 15) is 13.2 Å². The van der Waals surface area contributed by atoms with Gasteiger partial charge in [0, 0.05) is 18.7 Å². The number of sulfonamides is 1. The van der Waals surface area contributed by atoms with E-state index in [0.29, 0.717) is 0 Å². The Kier molecular flexibility index (Phi) is 4.97. The molecule has 102 valence electrons. The van der Waals surface area contributed by atoms with Crippen LogP contribution in [0.2, 0.25) is 0 Å². The van der Waals surface area contributed by atoms with Crippen LogP contribution in [0.5, 0.6) is 0 Å². The lowest BCUT2D eigenvalue weighted by Crippen LogP contribution is -2.33. The molecule has 0 aromatic carbocycles. The number of hydrogen-bond donors (Lipinski definition) is 2. The molecule has 1 aromatic heterocycles. The molecule has 0 saturated carbocycles. The summed E-state index contributed by atoms with van der Waals surface area (Å²) in [5, 5.41) is 17.1. The van der Waals surface area contributed by atoms with E-state index in [1.165, 1.54) is 12.1 Å². The standard InChI is InChI=1S/C11H13N3O4S/c1-8(2-5-11(15)16)14-19(17,18)10-4-3-9(6-12)13-7-10/h3-4,7-8,14H,2,5H2,1H3,(H,15,16). The first kappa shape index (κ1) is 15.1. The monoisotopic (exact) mass is 283 g/mol. The first-order valence-corrected chi connectivity index (χ1v) is 6.94. The van der Waals surface area contributed by atoms with Gasteiger partial charge in [0.25, 0.3) is 0 Å². The summed E-state index contributed by atoms with van der Waals surface area (Å²) in [5.74, 6) is -0.980. The number of nitrogens with zero attached hydrogens (tertiary/aromatic N) is 2. The van der Waals surface area contributed by atoms with E-state index >= 15 is 0 Å². The fourth-order valence-electron chi connectivity index (χ4n) is 1.34. The summed E-state index contributed by atoms with van der Waals surface area (Å²) in [6.45, 7) is 1.58. The molecular formula is C11H13N3O4S. The van der Waals surface area contributed by atoms with E-state index in [-0.39, 0.29) is 23.4 Å². The molecule has 0 aliphatic rings. The zero-order chi connectivity index (χ0) is 14.5. The van der Waals surface area contributed by atoms with Gasteiger partial charge in [-0.05, 0) is 25.5 Å². The minimum absolute atomic E-state index is 0.0614. The van der Waals surface area contributed by atoms with E-state index in [1.807, 2.05) is 0 Å². The van der Waals surface area contributed by atoms with Crippen molar-refractivity contribution in [1.82, 2.24) is 9.71 Å². The van der Waals surface area contributed by atoms with Crippen LogP contribution in [0, 0.1) is 11.3 Å². The average Bonchev–Trinajstić information content (AvgIpc) is 2.36. The zero-order valence-corrected chi connectivity index (χ0v) is 11.0. The highest BCUT2D eigenvalue weighted by Gasteiger charge is 2.18. The van der Waals surface area contributed by atoms with Crippen molar-refractivity contribution < 1.29 is 18.3 Å². The zero-order valence-electron chi connectivity index (χ0n) is 10.2. The third kappa shape index (κ3) is 4.65. The second-order valence-corrected chi connectivity index (χ2v) is 5.66. The molecule has 1 atom stereocenters. The number of nitrogens with one attached hydrogen (secondary N) is 1. The van der Waals surface area contributed by atoms with E-state index in [0.717, 1.165) is 6.20 Å². The number of rotatable bonds is 6.